The molecule has 0 saturated heterocycles. The minimum absolute atomic E-state index is 0.621. The molecule has 4 rings (SSSR count). The molecule has 0 amide bonds. The largest absolute Gasteiger partial charge is 0.472 e. The average molecular weight is 356 g/mol. The number of rotatable bonds is 6. The molecule has 8 heteroatoms. The van der Waals surface area contributed by atoms with Crippen molar-refractivity contribution in [3.8, 4) is 0 Å². The highest BCUT2D eigenvalue weighted by molar-refractivity contribution is 5.12. The van der Waals surface area contributed by atoms with E-state index in [1.54, 1.807) is 6.26 Å². The molecule has 8 nitrogen and oxygen atoms in total. The summed E-state index contributed by atoms with van der Waals surface area (Å²) >= 11 is 0. The number of furan rings is 1. The van der Waals surface area contributed by atoms with Crippen LogP contribution in [0.1, 0.15) is 35.1 Å². The molecule has 0 radical (unpaired) electrons. The van der Waals surface area contributed by atoms with Gasteiger partial charge in [0.25, 0.3) is 0 Å². The fourth-order valence-electron chi connectivity index (χ4n) is 3.41. The van der Waals surface area contributed by atoms with Crippen molar-refractivity contribution in [3.05, 3.63) is 53.3 Å². The Bertz CT molecular complexity index is 838. The van der Waals surface area contributed by atoms with Crippen LogP contribution < -0.4 is 0 Å². The molecule has 0 aromatic carbocycles. The van der Waals surface area contributed by atoms with E-state index in [2.05, 4.69) is 30.7 Å². The molecule has 0 spiro atoms. The van der Waals surface area contributed by atoms with E-state index in [0.29, 0.717) is 18.3 Å². The number of hydrogen-bond acceptors (Lipinski definition) is 7. The van der Waals surface area contributed by atoms with Gasteiger partial charge in [0.05, 0.1) is 30.5 Å². The molecule has 1 aliphatic rings. The summed E-state index contributed by atoms with van der Waals surface area (Å²) in [5.41, 5.74) is 3.56. The Labute approximate surface area is 152 Å². The van der Waals surface area contributed by atoms with E-state index in [0.717, 1.165) is 44.8 Å². The third-order valence-corrected chi connectivity index (χ3v) is 4.54. The van der Waals surface area contributed by atoms with Crippen LogP contribution in [-0.4, -0.2) is 43.3 Å². The lowest BCUT2D eigenvalue weighted by molar-refractivity contribution is 0.255. The molecule has 0 fully saturated rings. The highest BCUT2D eigenvalue weighted by Gasteiger charge is 2.18. The minimum atomic E-state index is 0.621. The van der Waals surface area contributed by atoms with Crippen molar-refractivity contribution in [2.75, 3.05) is 13.6 Å². The molecular formula is C18H24N6O2. The van der Waals surface area contributed by atoms with E-state index >= 15 is 0 Å². The number of aromatic nitrogens is 4. The molecule has 26 heavy (non-hydrogen) atoms. The molecule has 0 N–H and O–H groups in total. The molecule has 0 aliphatic carbocycles. The predicted octanol–water partition coefficient (Wildman–Crippen LogP) is 2.21. The maximum absolute atomic E-state index is 5.19. The standard InChI is InChI=1S/C18H24N6O2/c1-14-19-18(26-21-14)12-22(2)10-16-8-17-11-23(5-3-6-24(17)20-16)9-15-4-7-25-13-15/h4,7-8,13H,3,5-6,9-12H2,1-2H3. The third kappa shape index (κ3) is 4.03. The average Bonchev–Trinajstić information content (AvgIpc) is 3.29. The number of fused-ring (bicyclic) bond motifs is 1. The Morgan fingerprint density at radius 2 is 2.19 bits per heavy atom. The van der Waals surface area contributed by atoms with Crippen molar-refractivity contribution in [2.45, 2.75) is 46.1 Å². The Hall–Kier alpha value is -2.45. The summed E-state index contributed by atoms with van der Waals surface area (Å²) in [6, 6.07) is 4.24. The van der Waals surface area contributed by atoms with Gasteiger partial charge in [-0.1, -0.05) is 5.16 Å². The van der Waals surface area contributed by atoms with Crippen LogP contribution in [0.15, 0.2) is 33.6 Å². The van der Waals surface area contributed by atoms with E-state index in [-0.39, 0.29) is 0 Å². The quantitative estimate of drug-likeness (QED) is 0.670. The third-order valence-electron chi connectivity index (χ3n) is 4.54. The maximum atomic E-state index is 5.19. The SMILES string of the molecule is Cc1noc(CN(C)Cc2cc3n(n2)CCCN(Cc2ccoc2)C3)n1. The second-order valence-corrected chi connectivity index (χ2v) is 6.95. The summed E-state index contributed by atoms with van der Waals surface area (Å²) in [7, 11) is 2.04. The Kier molecular flexibility index (Phi) is 4.85. The molecule has 3 aromatic heterocycles. The van der Waals surface area contributed by atoms with Gasteiger partial charge in [-0.25, -0.2) is 0 Å². The van der Waals surface area contributed by atoms with Crippen LogP contribution in [0.2, 0.25) is 0 Å². The van der Waals surface area contributed by atoms with Crippen molar-refractivity contribution in [1.29, 1.82) is 0 Å². The van der Waals surface area contributed by atoms with Crippen molar-refractivity contribution in [3.63, 3.8) is 0 Å². The van der Waals surface area contributed by atoms with E-state index in [4.69, 9.17) is 14.0 Å². The molecule has 0 unspecified atom stereocenters. The normalized spacial score (nSPS) is 15.3. The van der Waals surface area contributed by atoms with Gasteiger partial charge in [-0.3, -0.25) is 14.5 Å². The van der Waals surface area contributed by atoms with Crippen LogP contribution in [0.5, 0.6) is 0 Å². The topological polar surface area (TPSA) is 76.4 Å². The van der Waals surface area contributed by atoms with Gasteiger partial charge in [-0.05, 0) is 32.5 Å². The highest BCUT2D eigenvalue weighted by atomic mass is 16.5. The molecule has 4 heterocycles. The van der Waals surface area contributed by atoms with E-state index in [9.17, 15) is 0 Å². The smallest absolute Gasteiger partial charge is 0.240 e. The Morgan fingerprint density at radius 3 is 2.96 bits per heavy atom. The van der Waals surface area contributed by atoms with E-state index in [1.165, 1.54) is 11.3 Å². The van der Waals surface area contributed by atoms with Gasteiger partial charge in [-0.2, -0.15) is 10.1 Å². The van der Waals surface area contributed by atoms with Crippen molar-refractivity contribution in [1.82, 2.24) is 29.7 Å². The van der Waals surface area contributed by atoms with Gasteiger partial charge in [0.1, 0.15) is 0 Å². The summed E-state index contributed by atoms with van der Waals surface area (Å²) in [5, 5.41) is 8.63. The lowest BCUT2D eigenvalue weighted by Gasteiger charge is -2.18. The molecule has 0 atom stereocenters. The number of hydrogen-bond donors (Lipinski definition) is 0. The van der Waals surface area contributed by atoms with Crippen LogP contribution >= 0.6 is 0 Å². The Morgan fingerprint density at radius 1 is 1.27 bits per heavy atom. The fourth-order valence-corrected chi connectivity index (χ4v) is 3.41. The molecular weight excluding hydrogens is 332 g/mol. The molecule has 0 bridgehead atoms. The fraction of sp³-hybridized carbons (Fsp3) is 0.500. The van der Waals surface area contributed by atoms with Gasteiger partial charge in [0, 0.05) is 38.3 Å². The van der Waals surface area contributed by atoms with Crippen molar-refractivity contribution in [2.24, 2.45) is 0 Å². The lowest BCUT2D eigenvalue weighted by Crippen LogP contribution is -2.22. The molecule has 138 valence electrons. The van der Waals surface area contributed by atoms with E-state index in [1.807, 2.05) is 26.3 Å². The number of aryl methyl sites for hydroxylation is 2. The maximum Gasteiger partial charge on any atom is 0.240 e. The van der Waals surface area contributed by atoms with E-state index < -0.39 is 0 Å². The van der Waals surface area contributed by atoms with Gasteiger partial charge in [-0.15, -0.1) is 0 Å². The van der Waals surface area contributed by atoms with Gasteiger partial charge in [0.2, 0.25) is 5.89 Å². The first kappa shape index (κ1) is 17.0. The first-order valence-electron chi connectivity index (χ1n) is 8.92. The zero-order valence-electron chi connectivity index (χ0n) is 15.3. The van der Waals surface area contributed by atoms with Crippen LogP contribution in [-0.2, 0) is 32.7 Å². The second-order valence-electron chi connectivity index (χ2n) is 6.95. The predicted molar refractivity (Wildman–Crippen MR) is 93.9 cm³/mol. The minimum Gasteiger partial charge on any atom is -0.472 e. The zero-order valence-corrected chi connectivity index (χ0v) is 15.3. The van der Waals surface area contributed by atoms with Crippen LogP contribution in [0.25, 0.3) is 0 Å². The molecule has 1 aliphatic heterocycles. The summed E-state index contributed by atoms with van der Waals surface area (Å²) in [6.07, 6.45) is 4.65. The monoisotopic (exact) mass is 356 g/mol. The van der Waals surface area contributed by atoms with Gasteiger partial charge in [0.15, 0.2) is 5.82 Å². The first-order chi connectivity index (χ1) is 12.7. The highest BCUT2D eigenvalue weighted by Crippen LogP contribution is 2.17. The Balaban J connectivity index is 1.39. The van der Waals surface area contributed by atoms with Crippen molar-refractivity contribution >= 4 is 0 Å². The van der Waals surface area contributed by atoms with Crippen molar-refractivity contribution < 1.29 is 8.94 Å². The number of nitrogens with zero attached hydrogens (tertiary/aromatic N) is 6. The van der Waals surface area contributed by atoms with Gasteiger partial charge >= 0.3 is 0 Å². The summed E-state index contributed by atoms with van der Waals surface area (Å²) < 4.78 is 12.5. The van der Waals surface area contributed by atoms with Crippen LogP contribution in [0.4, 0.5) is 0 Å². The summed E-state index contributed by atoms with van der Waals surface area (Å²) in [5.74, 6) is 1.30. The second kappa shape index (κ2) is 7.43. The molecule has 3 aromatic rings. The lowest BCUT2D eigenvalue weighted by atomic mass is 10.2. The summed E-state index contributed by atoms with van der Waals surface area (Å²) in [6.45, 7) is 7.05. The summed E-state index contributed by atoms with van der Waals surface area (Å²) in [4.78, 5) is 8.84. The van der Waals surface area contributed by atoms with Crippen LogP contribution in [0.3, 0.4) is 0 Å². The van der Waals surface area contributed by atoms with Crippen LogP contribution in [0, 0.1) is 6.92 Å². The molecule has 0 saturated carbocycles. The zero-order chi connectivity index (χ0) is 17.9. The van der Waals surface area contributed by atoms with Gasteiger partial charge < -0.3 is 8.94 Å². The first-order valence-corrected chi connectivity index (χ1v) is 8.92.